The van der Waals surface area contributed by atoms with Gasteiger partial charge in [0.25, 0.3) is 0 Å². The Hall–Kier alpha value is -0.120. The third-order valence-corrected chi connectivity index (χ3v) is 1.08. The quantitative estimate of drug-likeness (QED) is 0.571. The van der Waals surface area contributed by atoms with Gasteiger partial charge in [0.1, 0.15) is 5.60 Å². The maximum absolute atomic E-state index is 9.14. The van der Waals surface area contributed by atoms with Crippen molar-refractivity contribution in [2.24, 2.45) is 0 Å². The molecule has 0 aromatic carbocycles. The van der Waals surface area contributed by atoms with E-state index in [-0.39, 0.29) is 0 Å². The number of aliphatic hydroxyl groups excluding tert-OH is 1. The van der Waals surface area contributed by atoms with Gasteiger partial charge in [-0.25, -0.2) is 0 Å². The molecule has 1 atom stereocenters. The normalized spacial score (nSPS) is 15.3. The van der Waals surface area contributed by atoms with E-state index in [0.29, 0.717) is 6.61 Å². The number of hydrogen-bond donors (Lipinski definition) is 2. The van der Waals surface area contributed by atoms with E-state index in [2.05, 4.69) is 0 Å². The van der Waals surface area contributed by atoms with Crippen LogP contribution in [0.4, 0.5) is 0 Å². The summed E-state index contributed by atoms with van der Waals surface area (Å²) in [4.78, 5) is 0. The van der Waals surface area contributed by atoms with Crippen LogP contribution < -0.4 is 0 Å². The number of ether oxygens (including phenoxy) is 1. The SMILES string of the molecule is CCCOC(O)C(C)(C)O. The first-order valence-corrected chi connectivity index (χ1v) is 3.50. The molecule has 0 fully saturated rings. The Kier molecular flexibility index (Phi) is 3.86. The van der Waals surface area contributed by atoms with E-state index in [1.54, 1.807) is 0 Å². The first-order chi connectivity index (χ1) is 4.48. The second-order valence-electron chi connectivity index (χ2n) is 2.88. The molecular weight excluding hydrogens is 132 g/mol. The first-order valence-electron chi connectivity index (χ1n) is 3.50. The smallest absolute Gasteiger partial charge is 0.183 e. The Morgan fingerprint density at radius 1 is 1.50 bits per heavy atom. The first kappa shape index (κ1) is 9.88. The summed E-state index contributed by atoms with van der Waals surface area (Å²) in [6, 6.07) is 0. The summed E-state index contributed by atoms with van der Waals surface area (Å²) < 4.78 is 4.86. The molecule has 1 unspecified atom stereocenters. The summed E-state index contributed by atoms with van der Waals surface area (Å²) in [7, 11) is 0. The van der Waals surface area contributed by atoms with Crippen molar-refractivity contribution in [2.75, 3.05) is 6.61 Å². The molecule has 0 spiro atoms. The highest BCUT2D eigenvalue weighted by atomic mass is 16.6. The van der Waals surface area contributed by atoms with Crippen LogP contribution in [0.15, 0.2) is 0 Å². The average Bonchev–Trinajstić information content (AvgIpc) is 1.80. The molecular formula is C7H16O3. The molecule has 0 aliphatic heterocycles. The number of rotatable bonds is 4. The second kappa shape index (κ2) is 3.91. The van der Waals surface area contributed by atoms with Gasteiger partial charge in [-0.15, -0.1) is 0 Å². The monoisotopic (exact) mass is 148 g/mol. The molecule has 0 heterocycles. The summed E-state index contributed by atoms with van der Waals surface area (Å²) in [5.41, 5.74) is -1.16. The molecule has 0 bridgehead atoms. The minimum atomic E-state index is -1.16. The van der Waals surface area contributed by atoms with Gasteiger partial charge in [-0.05, 0) is 20.3 Å². The lowest BCUT2D eigenvalue weighted by Gasteiger charge is -2.23. The van der Waals surface area contributed by atoms with E-state index in [1.165, 1.54) is 13.8 Å². The van der Waals surface area contributed by atoms with Gasteiger partial charge in [0, 0.05) is 6.61 Å². The van der Waals surface area contributed by atoms with Gasteiger partial charge in [0.15, 0.2) is 6.29 Å². The standard InChI is InChI=1S/C7H16O3/c1-4-5-10-6(8)7(2,3)9/h6,8-9H,4-5H2,1-3H3. The van der Waals surface area contributed by atoms with Crippen molar-refractivity contribution < 1.29 is 14.9 Å². The van der Waals surface area contributed by atoms with Crippen LogP contribution in [0, 0.1) is 0 Å². The zero-order valence-corrected chi connectivity index (χ0v) is 6.79. The van der Waals surface area contributed by atoms with Gasteiger partial charge >= 0.3 is 0 Å². The molecule has 0 aliphatic rings. The molecule has 62 valence electrons. The van der Waals surface area contributed by atoms with Crippen molar-refractivity contribution in [3.05, 3.63) is 0 Å². The molecule has 0 radical (unpaired) electrons. The summed E-state index contributed by atoms with van der Waals surface area (Å²) >= 11 is 0. The molecule has 2 N–H and O–H groups in total. The summed E-state index contributed by atoms with van der Waals surface area (Å²) in [5.74, 6) is 0. The van der Waals surface area contributed by atoms with E-state index in [1.807, 2.05) is 6.92 Å². The van der Waals surface area contributed by atoms with Crippen LogP contribution in [0.25, 0.3) is 0 Å². The molecule has 0 aromatic rings. The second-order valence-corrected chi connectivity index (χ2v) is 2.88. The predicted octanol–water partition coefficient (Wildman–Crippen LogP) is 0.502. The largest absolute Gasteiger partial charge is 0.385 e. The van der Waals surface area contributed by atoms with Crippen LogP contribution in [0.2, 0.25) is 0 Å². The van der Waals surface area contributed by atoms with Crippen LogP contribution in [0.3, 0.4) is 0 Å². The Balaban J connectivity index is 3.52. The van der Waals surface area contributed by atoms with Crippen LogP contribution in [0.1, 0.15) is 27.2 Å². The average molecular weight is 148 g/mol. The summed E-state index contributed by atoms with van der Waals surface area (Å²) in [5, 5.41) is 18.2. The fourth-order valence-corrected chi connectivity index (χ4v) is 0.433. The lowest BCUT2D eigenvalue weighted by Crippen LogP contribution is -2.38. The van der Waals surface area contributed by atoms with Crippen molar-refractivity contribution in [3.8, 4) is 0 Å². The summed E-state index contributed by atoms with van der Waals surface area (Å²) in [6.45, 7) is 5.43. The molecule has 0 saturated carbocycles. The fourth-order valence-electron chi connectivity index (χ4n) is 0.433. The van der Waals surface area contributed by atoms with E-state index >= 15 is 0 Å². The molecule has 0 aromatic heterocycles. The van der Waals surface area contributed by atoms with Gasteiger partial charge in [-0.3, -0.25) is 0 Å². The third-order valence-electron chi connectivity index (χ3n) is 1.08. The van der Waals surface area contributed by atoms with Crippen LogP contribution in [-0.4, -0.2) is 28.7 Å². The van der Waals surface area contributed by atoms with Crippen molar-refractivity contribution in [1.82, 2.24) is 0 Å². The highest BCUT2D eigenvalue weighted by Crippen LogP contribution is 2.09. The Morgan fingerprint density at radius 3 is 2.30 bits per heavy atom. The van der Waals surface area contributed by atoms with Crippen LogP contribution >= 0.6 is 0 Å². The van der Waals surface area contributed by atoms with Crippen molar-refractivity contribution >= 4 is 0 Å². The minimum Gasteiger partial charge on any atom is -0.385 e. The molecule has 3 heteroatoms. The zero-order chi connectivity index (χ0) is 8.20. The molecule has 0 saturated heterocycles. The fraction of sp³-hybridized carbons (Fsp3) is 1.00. The Bertz CT molecular complexity index is 85.3. The van der Waals surface area contributed by atoms with E-state index < -0.39 is 11.9 Å². The molecule has 0 rings (SSSR count). The van der Waals surface area contributed by atoms with Gasteiger partial charge in [-0.1, -0.05) is 6.92 Å². The molecule has 0 amide bonds. The molecule has 3 nitrogen and oxygen atoms in total. The van der Waals surface area contributed by atoms with Crippen LogP contribution in [0.5, 0.6) is 0 Å². The Morgan fingerprint density at radius 2 is 2.00 bits per heavy atom. The van der Waals surface area contributed by atoms with E-state index in [4.69, 9.17) is 14.9 Å². The van der Waals surface area contributed by atoms with Gasteiger partial charge in [0.05, 0.1) is 0 Å². The minimum absolute atomic E-state index is 0.477. The number of aliphatic hydroxyl groups is 2. The lowest BCUT2D eigenvalue weighted by molar-refractivity contribution is -0.198. The highest BCUT2D eigenvalue weighted by Gasteiger charge is 2.24. The maximum atomic E-state index is 9.14. The van der Waals surface area contributed by atoms with Gasteiger partial charge in [0.2, 0.25) is 0 Å². The van der Waals surface area contributed by atoms with Crippen LogP contribution in [-0.2, 0) is 4.74 Å². The van der Waals surface area contributed by atoms with Gasteiger partial charge in [-0.2, -0.15) is 0 Å². The zero-order valence-electron chi connectivity index (χ0n) is 6.79. The highest BCUT2D eigenvalue weighted by molar-refractivity contribution is 4.67. The molecule has 10 heavy (non-hydrogen) atoms. The number of hydrogen-bond acceptors (Lipinski definition) is 3. The van der Waals surface area contributed by atoms with E-state index in [0.717, 1.165) is 6.42 Å². The third kappa shape index (κ3) is 3.82. The summed E-state index contributed by atoms with van der Waals surface area (Å²) in [6.07, 6.45) is -0.236. The van der Waals surface area contributed by atoms with E-state index in [9.17, 15) is 0 Å². The molecule has 0 aliphatic carbocycles. The van der Waals surface area contributed by atoms with Crippen molar-refractivity contribution in [3.63, 3.8) is 0 Å². The maximum Gasteiger partial charge on any atom is 0.183 e. The topological polar surface area (TPSA) is 49.7 Å². The lowest BCUT2D eigenvalue weighted by atomic mass is 10.1. The van der Waals surface area contributed by atoms with Gasteiger partial charge < -0.3 is 14.9 Å². The van der Waals surface area contributed by atoms with Crippen molar-refractivity contribution in [2.45, 2.75) is 39.1 Å². The van der Waals surface area contributed by atoms with Crippen molar-refractivity contribution in [1.29, 1.82) is 0 Å². The predicted molar refractivity (Wildman–Crippen MR) is 38.5 cm³/mol. The Labute approximate surface area is 61.6 Å².